The zero-order valence-electron chi connectivity index (χ0n) is 13.0. The van der Waals surface area contributed by atoms with Gasteiger partial charge in [0.1, 0.15) is 0 Å². The molecule has 0 bridgehead atoms. The maximum Gasteiger partial charge on any atom is 0.165 e. The standard InChI is InChI=1S/C20H22O2/c1-15-7-9-17(10-8-15)20(21)14-19-13-18(11-12-22-19)16-5-3-2-4-6-16/h2-10,18-19H,11-14H2,1H3/t18-,19-/m0/s1. The van der Waals surface area contributed by atoms with E-state index >= 15 is 0 Å². The summed E-state index contributed by atoms with van der Waals surface area (Å²) in [6, 6.07) is 18.4. The molecule has 2 heteroatoms. The SMILES string of the molecule is Cc1ccc(C(=O)C[C@@H]2C[C@@H](c3ccccc3)CCO2)cc1. The summed E-state index contributed by atoms with van der Waals surface area (Å²) in [5.74, 6) is 0.685. The van der Waals surface area contributed by atoms with E-state index < -0.39 is 0 Å². The minimum absolute atomic E-state index is 0.0350. The number of hydrogen-bond acceptors (Lipinski definition) is 2. The number of carbonyl (C=O) groups excluding carboxylic acids is 1. The molecule has 0 N–H and O–H groups in total. The van der Waals surface area contributed by atoms with Gasteiger partial charge in [-0.2, -0.15) is 0 Å². The highest BCUT2D eigenvalue weighted by atomic mass is 16.5. The van der Waals surface area contributed by atoms with Gasteiger partial charge in [-0.15, -0.1) is 0 Å². The molecule has 0 amide bonds. The van der Waals surface area contributed by atoms with Gasteiger partial charge in [0.2, 0.25) is 0 Å². The van der Waals surface area contributed by atoms with E-state index in [2.05, 4.69) is 24.3 Å². The molecule has 22 heavy (non-hydrogen) atoms. The number of aryl methyl sites for hydroxylation is 1. The average Bonchev–Trinajstić information content (AvgIpc) is 2.56. The quantitative estimate of drug-likeness (QED) is 0.774. The van der Waals surface area contributed by atoms with E-state index in [0.717, 1.165) is 25.0 Å². The lowest BCUT2D eigenvalue weighted by Gasteiger charge is -2.29. The summed E-state index contributed by atoms with van der Waals surface area (Å²) in [6.45, 7) is 2.77. The van der Waals surface area contributed by atoms with E-state index in [-0.39, 0.29) is 11.9 Å². The molecule has 2 aromatic rings. The monoisotopic (exact) mass is 294 g/mol. The predicted octanol–water partition coefficient (Wildman–Crippen LogP) is 4.53. The third-order valence-electron chi connectivity index (χ3n) is 4.42. The molecule has 1 heterocycles. The van der Waals surface area contributed by atoms with Crippen LogP contribution < -0.4 is 0 Å². The number of benzene rings is 2. The molecular weight excluding hydrogens is 272 g/mol. The maximum absolute atomic E-state index is 12.4. The molecule has 0 saturated carbocycles. The molecule has 3 rings (SSSR count). The van der Waals surface area contributed by atoms with Crippen LogP contribution >= 0.6 is 0 Å². The zero-order chi connectivity index (χ0) is 15.4. The molecule has 0 radical (unpaired) electrons. The number of carbonyl (C=O) groups is 1. The van der Waals surface area contributed by atoms with Crippen LogP contribution in [0.5, 0.6) is 0 Å². The van der Waals surface area contributed by atoms with Crippen LogP contribution in [0.25, 0.3) is 0 Å². The molecule has 1 aliphatic rings. The van der Waals surface area contributed by atoms with Crippen LogP contribution in [0.2, 0.25) is 0 Å². The molecule has 1 fully saturated rings. The van der Waals surface area contributed by atoms with E-state index in [0.29, 0.717) is 12.3 Å². The first-order valence-corrected chi connectivity index (χ1v) is 7.99. The second kappa shape index (κ2) is 6.89. The fourth-order valence-electron chi connectivity index (χ4n) is 3.11. The molecule has 2 atom stereocenters. The molecular formula is C20H22O2. The minimum Gasteiger partial charge on any atom is -0.378 e. The first kappa shape index (κ1) is 15.0. The molecule has 1 saturated heterocycles. The summed E-state index contributed by atoms with van der Waals surface area (Å²) < 4.78 is 5.82. The van der Waals surface area contributed by atoms with Crippen molar-refractivity contribution in [1.82, 2.24) is 0 Å². The summed E-state index contributed by atoms with van der Waals surface area (Å²) in [5, 5.41) is 0. The number of hydrogen-bond donors (Lipinski definition) is 0. The second-order valence-electron chi connectivity index (χ2n) is 6.12. The van der Waals surface area contributed by atoms with Crippen LogP contribution in [0.3, 0.4) is 0 Å². The van der Waals surface area contributed by atoms with Crippen molar-refractivity contribution in [2.24, 2.45) is 0 Å². The van der Waals surface area contributed by atoms with Gasteiger partial charge in [-0.1, -0.05) is 60.2 Å². The van der Waals surface area contributed by atoms with Crippen LogP contribution in [0.15, 0.2) is 54.6 Å². The van der Waals surface area contributed by atoms with E-state index in [1.165, 1.54) is 11.1 Å². The van der Waals surface area contributed by atoms with Crippen molar-refractivity contribution in [2.75, 3.05) is 6.61 Å². The fraction of sp³-hybridized carbons (Fsp3) is 0.350. The van der Waals surface area contributed by atoms with Crippen LogP contribution in [0, 0.1) is 6.92 Å². The smallest absolute Gasteiger partial charge is 0.165 e. The fourth-order valence-corrected chi connectivity index (χ4v) is 3.11. The molecule has 2 nitrogen and oxygen atoms in total. The Morgan fingerprint density at radius 2 is 1.82 bits per heavy atom. The number of ether oxygens (including phenoxy) is 1. The Morgan fingerprint density at radius 3 is 2.55 bits per heavy atom. The van der Waals surface area contributed by atoms with Gasteiger partial charge in [0.25, 0.3) is 0 Å². The normalized spacial score (nSPS) is 21.5. The third kappa shape index (κ3) is 3.63. The summed E-state index contributed by atoms with van der Waals surface area (Å²) in [4.78, 5) is 12.4. The molecule has 0 aromatic heterocycles. The number of Topliss-reactive ketones (excluding diaryl/α,β-unsaturated/α-hetero) is 1. The Balaban J connectivity index is 1.63. The number of rotatable bonds is 4. The van der Waals surface area contributed by atoms with Crippen molar-refractivity contribution >= 4 is 5.78 Å². The van der Waals surface area contributed by atoms with Gasteiger partial charge in [0.15, 0.2) is 5.78 Å². The van der Waals surface area contributed by atoms with E-state index in [1.807, 2.05) is 37.3 Å². The van der Waals surface area contributed by atoms with Gasteiger partial charge in [0, 0.05) is 18.6 Å². The van der Waals surface area contributed by atoms with Crippen molar-refractivity contribution in [3.63, 3.8) is 0 Å². The molecule has 0 spiro atoms. The van der Waals surface area contributed by atoms with Crippen LogP contribution in [-0.4, -0.2) is 18.5 Å². The number of ketones is 1. The van der Waals surface area contributed by atoms with Crippen molar-refractivity contribution in [2.45, 2.75) is 38.2 Å². The van der Waals surface area contributed by atoms with Crippen molar-refractivity contribution in [1.29, 1.82) is 0 Å². The topological polar surface area (TPSA) is 26.3 Å². The van der Waals surface area contributed by atoms with Crippen LogP contribution in [0.1, 0.15) is 46.7 Å². The first-order valence-electron chi connectivity index (χ1n) is 7.99. The lowest BCUT2D eigenvalue weighted by molar-refractivity contribution is 0.00426. The zero-order valence-corrected chi connectivity index (χ0v) is 13.0. The second-order valence-corrected chi connectivity index (χ2v) is 6.12. The highest BCUT2D eigenvalue weighted by Crippen LogP contribution is 2.31. The average molecular weight is 294 g/mol. The summed E-state index contributed by atoms with van der Waals surface area (Å²) in [6.07, 6.45) is 2.49. The van der Waals surface area contributed by atoms with Crippen molar-refractivity contribution < 1.29 is 9.53 Å². The maximum atomic E-state index is 12.4. The van der Waals surface area contributed by atoms with Crippen molar-refractivity contribution in [3.8, 4) is 0 Å². The third-order valence-corrected chi connectivity index (χ3v) is 4.42. The molecule has 2 aromatic carbocycles. The lowest BCUT2D eigenvalue weighted by atomic mass is 9.87. The van der Waals surface area contributed by atoms with E-state index in [1.54, 1.807) is 0 Å². The lowest BCUT2D eigenvalue weighted by Crippen LogP contribution is -2.27. The Morgan fingerprint density at radius 1 is 1.09 bits per heavy atom. The molecule has 114 valence electrons. The van der Waals surface area contributed by atoms with Gasteiger partial charge in [-0.3, -0.25) is 4.79 Å². The molecule has 1 aliphatic heterocycles. The van der Waals surface area contributed by atoms with Gasteiger partial charge >= 0.3 is 0 Å². The van der Waals surface area contributed by atoms with Crippen LogP contribution in [0.4, 0.5) is 0 Å². The van der Waals surface area contributed by atoms with Gasteiger partial charge < -0.3 is 4.74 Å². The van der Waals surface area contributed by atoms with E-state index in [9.17, 15) is 4.79 Å². The van der Waals surface area contributed by atoms with Gasteiger partial charge in [-0.05, 0) is 31.2 Å². The predicted molar refractivity (Wildman–Crippen MR) is 88.3 cm³/mol. The highest BCUT2D eigenvalue weighted by molar-refractivity contribution is 5.96. The minimum atomic E-state index is 0.0350. The summed E-state index contributed by atoms with van der Waals surface area (Å²) in [5.41, 5.74) is 3.32. The first-order chi connectivity index (χ1) is 10.7. The largest absolute Gasteiger partial charge is 0.378 e. The Labute approximate surface area is 132 Å². The Kier molecular flexibility index (Phi) is 4.69. The van der Waals surface area contributed by atoms with Crippen molar-refractivity contribution in [3.05, 3.63) is 71.3 Å². The molecule has 0 aliphatic carbocycles. The van der Waals surface area contributed by atoms with Gasteiger partial charge in [-0.25, -0.2) is 0 Å². The van der Waals surface area contributed by atoms with Crippen LogP contribution in [-0.2, 0) is 4.74 Å². The summed E-state index contributed by atoms with van der Waals surface area (Å²) in [7, 11) is 0. The van der Waals surface area contributed by atoms with E-state index in [4.69, 9.17) is 4.74 Å². The molecule has 0 unspecified atom stereocenters. The Hall–Kier alpha value is -1.93. The Bertz CT molecular complexity index is 616. The highest BCUT2D eigenvalue weighted by Gasteiger charge is 2.25. The summed E-state index contributed by atoms with van der Waals surface area (Å²) >= 11 is 0. The van der Waals surface area contributed by atoms with Gasteiger partial charge in [0.05, 0.1) is 6.10 Å².